The number of carbonyl (C=O) groups is 1. The SMILES string of the molecule is CCC(=CCNCC(C)C)C(=O)O. The fraction of sp³-hybridized carbons (Fsp3) is 0.700. The van der Waals surface area contributed by atoms with Gasteiger partial charge in [-0.25, -0.2) is 4.79 Å². The van der Waals surface area contributed by atoms with Crippen molar-refractivity contribution in [1.82, 2.24) is 5.32 Å². The Morgan fingerprint density at radius 1 is 1.54 bits per heavy atom. The number of carboxylic acid groups (broad SMARTS) is 1. The Labute approximate surface area is 79.8 Å². The summed E-state index contributed by atoms with van der Waals surface area (Å²) in [4.78, 5) is 10.6. The predicted molar refractivity (Wildman–Crippen MR) is 53.7 cm³/mol. The standard InChI is InChI=1S/C10H19NO2/c1-4-9(10(12)13)5-6-11-7-8(2)3/h5,8,11H,4,6-7H2,1-3H3,(H,12,13). The fourth-order valence-electron chi connectivity index (χ4n) is 0.950. The molecule has 13 heavy (non-hydrogen) atoms. The van der Waals surface area contributed by atoms with E-state index in [0.717, 1.165) is 6.54 Å². The highest BCUT2D eigenvalue weighted by molar-refractivity contribution is 5.86. The van der Waals surface area contributed by atoms with Crippen molar-refractivity contribution in [3.8, 4) is 0 Å². The van der Waals surface area contributed by atoms with E-state index < -0.39 is 5.97 Å². The molecule has 0 aromatic rings. The third kappa shape index (κ3) is 6.34. The summed E-state index contributed by atoms with van der Waals surface area (Å²) in [6.07, 6.45) is 2.32. The first-order chi connectivity index (χ1) is 6.07. The van der Waals surface area contributed by atoms with Crippen LogP contribution in [0, 0.1) is 5.92 Å². The molecule has 0 spiro atoms. The van der Waals surface area contributed by atoms with E-state index in [9.17, 15) is 4.79 Å². The van der Waals surface area contributed by atoms with Crippen LogP contribution in [0.15, 0.2) is 11.6 Å². The Bertz CT molecular complexity index is 185. The summed E-state index contributed by atoms with van der Waals surface area (Å²) in [6, 6.07) is 0. The van der Waals surface area contributed by atoms with Crippen LogP contribution < -0.4 is 5.32 Å². The Morgan fingerprint density at radius 2 is 2.15 bits per heavy atom. The fourth-order valence-corrected chi connectivity index (χ4v) is 0.950. The van der Waals surface area contributed by atoms with Gasteiger partial charge in [0.25, 0.3) is 0 Å². The molecule has 0 fully saturated rings. The van der Waals surface area contributed by atoms with Crippen LogP contribution in [-0.2, 0) is 4.79 Å². The van der Waals surface area contributed by atoms with Crippen molar-refractivity contribution in [3.63, 3.8) is 0 Å². The summed E-state index contributed by atoms with van der Waals surface area (Å²) in [7, 11) is 0. The number of hydrogen-bond acceptors (Lipinski definition) is 2. The van der Waals surface area contributed by atoms with Gasteiger partial charge in [-0.3, -0.25) is 0 Å². The Kier molecular flexibility index (Phi) is 6.24. The number of rotatable bonds is 6. The lowest BCUT2D eigenvalue weighted by atomic mass is 10.2. The molecule has 0 unspecified atom stereocenters. The van der Waals surface area contributed by atoms with Crippen LogP contribution in [0.5, 0.6) is 0 Å². The van der Waals surface area contributed by atoms with Crippen LogP contribution >= 0.6 is 0 Å². The summed E-state index contributed by atoms with van der Waals surface area (Å²) < 4.78 is 0. The lowest BCUT2D eigenvalue weighted by Crippen LogP contribution is -2.20. The van der Waals surface area contributed by atoms with E-state index in [2.05, 4.69) is 19.2 Å². The number of carboxylic acids is 1. The van der Waals surface area contributed by atoms with Gasteiger partial charge in [-0.2, -0.15) is 0 Å². The van der Waals surface area contributed by atoms with Crippen LogP contribution in [0.1, 0.15) is 27.2 Å². The van der Waals surface area contributed by atoms with E-state index in [1.54, 1.807) is 6.08 Å². The Hall–Kier alpha value is -0.830. The van der Waals surface area contributed by atoms with Crippen LogP contribution in [0.25, 0.3) is 0 Å². The molecule has 3 nitrogen and oxygen atoms in total. The monoisotopic (exact) mass is 185 g/mol. The third-order valence-electron chi connectivity index (χ3n) is 1.70. The van der Waals surface area contributed by atoms with Crippen molar-refractivity contribution >= 4 is 5.97 Å². The molecule has 3 heteroatoms. The topological polar surface area (TPSA) is 49.3 Å². The molecule has 0 aliphatic rings. The van der Waals surface area contributed by atoms with Gasteiger partial charge in [-0.1, -0.05) is 26.8 Å². The van der Waals surface area contributed by atoms with Crippen LogP contribution in [0.3, 0.4) is 0 Å². The minimum Gasteiger partial charge on any atom is -0.478 e. The first-order valence-corrected chi connectivity index (χ1v) is 4.71. The minimum absolute atomic E-state index is 0.483. The van der Waals surface area contributed by atoms with Crippen LogP contribution in [0.2, 0.25) is 0 Å². The molecule has 0 aromatic carbocycles. The Morgan fingerprint density at radius 3 is 2.54 bits per heavy atom. The smallest absolute Gasteiger partial charge is 0.331 e. The lowest BCUT2D eigenvalue weighted by Gasteiger charge is -2.04. The summed E-state index contributed by atoms with van der Waals surface area (Å²) in [5.74, 6) is -0.211. The minimum atomic E-state index is -0.811. The van der Waals surface area contributed by atoms with Gasteiger partial charge in [0.05, 0.1) is 0 Å². The second kappa shape index (κ2) is 6.66. The second-order valence-electron chi connectivity index (χ2n) is 3.44. The van der Waals surface area contributed by atoms with Crippen molar-refractivity contribution in [2.45, 2.75) is 27.2 Å². The van der Waals surface area contributed by atoms with Gasteiger partial charge in [0.15, 0.2) is 0 Å². The molecule has 0 radical (unpaired) electrons. The first kappa shape index (κ1) is 12.2. The first-order valence-electron chi connectivity index (χ1n) is 4.71. The third-order valence-corrected chi connectivity index (χ3v) is 1.70. The maximum Gasteiger partial charge on any atom is 0.331 e. The molecule has 0 bridgehead atoms. The molecule has 0 rings (SSSR count). The molecule has 0 aromatic heterocycles. The van der Waals surface area contributed by atoms with Crippen molar-refractivity contribution in [2.24, 2.45) is 5.92 Å². The van der Waals surface area contributed by atoms with Crippen molar-refractivity contribution in [1.29, 1.82) is 0 Å². The lowest BCUT2D eigenvalue weighted by molar-refractivity contribution is -0.132. The molecule has 0 heterocycles. The van der Waals surface area contributed by atoms with Crippen molar-refractivity contribution in [3.05, 3.63) is 11.6 Å². The maximum atomic E-state index is 10.6. The molecule has 76 valence electrons. The van der Waals surface area contributed by atoms with Crippen molar-refractivity contribution < 1.29 is 9.90 Å². The number of nitrogens with one attached hydrogen (secondary N) is 1. The summed E-state index contributed by atoms with van der Waals surface area (Å²) in [5.41, 5.74) is 0.483. The van der Waals surface area contributed by atoms with Gasteiger partial charge in [-0.15, -0.1) is 0 Å². The van der Waals surface area contributed by atoms with E-state index >= 15 is 0 Å². The average Bonchev–Trinajstić information content (AvgIpc) is 2.03. The van der Waals surface area contributed by atoms with E-state index in [1.807, 2.05) is 6.92 Å². The van der Waals surface area contributed by atoms with Gasteiger partial charge >= 0.3 is 5.97 Å². The van der Waals surface area contributed by atoms with Crippen LogP contribution in [-0.4, -0.2) is 24.2 Å². The number of hydrogen-bond donors (Lipinski definition) is 2. The second-order valence-corrected chi connectivity index (χ2v) is 3.44. The van der Waals surface area contributed by atoms with Crippen molar-refractivity contribution in [2.75, 3.05) is 13.1 Å². The van der Waals surface area contributed by atoms with Gasteiger partial charge in [-0.05, 0) is 18.9 Å². The zero-order valence-electron chi connectivity index (χ0n) is 8.63. The van der Waals surface area contributed by atoms with E-state index in [-0.39, 0.29) is 0 Å². The summed E-state index contributed by atoms with van der Waals surface area (Å²) in [6.45, 7) is 7.66. The summed E-state index contributed by atoms with van der Waals surface area (Å²) in [5, 5.41) is 11.9. The highest BCUT2D eigenvalue weighted by Crippen LogP contribution is 1.98. The van der Waals surface area contributed by atoms with Gasteiger partial charge in [0.1, 0.15) is 0 Å². The summed E-state index contributed by atoms with van der Waals surface area (Å²) >= 11 is 0. The molecule has 2 N–H and O–H groups in total. The molecule has 0 saturated heterocycles. The molecule has 0 aliphatic heterocycles. The average molecular weight is 185 g/mol. The zero-order chi connectivity index (χ0) is 10.3. The normalized spacial score (nSPS) is 12.2. The molecule has 0 aliphatic carbocycles. The highest BCUT2D eigenvalue weighted by atomic mass is 16.4. The zero-order valence-corrected chi connectivity index (χ0v) is 8.63. The molecular weight excluding hydrogens is 166 g/mol. The van der Waals surface area contributed by atoms with Gasteiger partial charge in [0, 0.05) is 12.1 Å². The molecule has 0 saturated carbocycles. The van der Waals surface area contributed by atoms with E-state index in [4.69, 9.17) is 5.11 Å². The van der Waals surface area contributed by atoms with Gasteiger partial charge < -0.3 is 10.4 Å². The molecule has 0 atom stereocenters. The van der Waals surface area contributed by atoms with E-state index in [0.29, 0.717) is 24.5 Å². The van der Waals surface area contributed by atoms with E-state index in [1.165, 1.54) is 0 Å². The maximum absolute atomic E-state index is 10.6. The Balaban J connectivity index is 3.74. The quantitative estimate of drug-likeness (QED) is 0.488. The molecular formula is C10H19NO2. The number of aliphatic carboxylic acids is 1. The largest absolute Gasteiger partial charge is 0.478 e. The molecule has 0 amide bonds. The predicted octanol–water partition coefficient (Wildman–Crippen LogP) is 1.65. The highest BCUT2D eigenvalue weighted by Gasteiger charge is 2.02. The van der Waals surface area contributed by atoms with Crippen LogP contribution in [0.4, 0.5) is 0 Å². The van der Waals surface area contributed by atoms with Gasteiger partial charge in [0.2, 0.25) is 0 Å².